The van der Waals surface area contributed by atoms with E-state index in [1.54, 1.807) is 31.5 Å². The molecule has 0 bridgehead atoms. The van der Waals surface area contributed by atoms with Gasteiger partial charge in [0.2, 0.25) is 0 Å². The van der Waals surface area contributed by atoms with E-state index in [-0.39, 0.29) is 0 Å². The van der Waals surface area contributed by atoms with Crippen LogP contribution in [0.1, 0.15) is 24.4 Å². The average Bonchev–Trinajstić information content (AvgIpc) is 3.15. The van der Waals surface area contributed by atoms with Crippen LogP contribution >= 0.6 is 0 Å². The molecule has 1 aromatic heterocycles. The molecule has 7 heteroatoms. The molecule has 1 fully saturated rings. The molecule has 0 spiro atoms. The maximum Gasteiger partial charge on any atom is 0.325 e. The maximum absolute atomic E-state index is 12.1. The van der Waals surface area contributed by atoms with Crippen LogP contribution in [0, 0.1) is 5.92 Å². The number of hydrogen-bond donors (Lipinski definition) is 1. The molecule has 3 rings (SSSR count). The number of aromatic nitrogens is 2. The van der Waals surface area contributed by atoms with Gasteiger partial charge in [0.15, 0.2) is 11.5 Å². The lowest BCUT2D eigenvalue weighted by molar-refractivity contribution is -0.144. The van der Waals surface area contributed by atoms with Crippen LogP contribution in [0.25, 0.3) is 0 Å². The molecule has 1 atom stereocenters. The molecular formula is C19H25N3O4. The first-order chi connectivity index (χ1) is 12.6. The van der Waals surface area contributed by atoms with Crippen LogP contribution in [-0.2, 0) is 11.3 Å². The highest BCUT2D eigenvalue weighted by atomic mass is 16.5. The lowest BCUT2D eigenvalue weighted by Gasteiger charge is -2.36. The van der Waals surface area contributed by atoms with Crippen molar-refractivity contribution in [1.82, 2.24) is 14.7 Å². The summed E-state index contributed by atoms with van der Waals surface area (Å²) in [4.78, 5) is 14.1. The van der Waals surface area contributed by atoms with Gasteiger partial charge in [-0.25, -0.2) is 0 Å². The second kappa shape index (κ2) is 8.23. The molecule has 7 nitrogen and oxygen atoms in total. The molecule has 140 valence electrons. The molecule has 0 amide bonds. The number of likely N-dealkylation sites (tertiary alicyclic amines) is 1. The first-order valence-electron chi connectivity index (χ1n) is 8.79. The van der Waals surface area contributed by atoms with Crippen molar-refractivity contribution in [2.24, 2.45) is 5.92 Å². The number of piperidine rings is 1. The van der Waals surface area contributed by atoms with E-state index in [2.05, 4.69) is 5.10 Å². The number of carbonyl (C=O) groups is 1. The molecule has 1 N–H and O–H groups in total. The van der Waals surface area contributed by atoms with Crippen LogP contribution in [0.4, 0.5) is 0 Å². The molecule has 1 aliphatic heterocycles. The van der Waals surface area contributed by atoms with Gasteiger partial charge in [-0.1, -0.05) is 12.1 Å². The minimum absolute atomic E-state index is 0.487. The zero-order chi connectivity index (χ0) is 18.5. The Kier molecular flexibility index (Phi) is 5.78. The van der Waals surface area contributed by atoms with Gasteiger partial charge in [0.05, 0.1) is 14.2 Å². The van der Waals surface area contributed by atoms with Crippen molar-refractivity contribution in [1.29, 1.82) is 0 Å². The fraction of sp³-hybridized carbons (Fsp3) is 0.474. The first kappa shape index (κ1) is 18.3. The van der Waals surface area contributed by atoms with Crippen molar-refractivity contribution in [2.45, 2.75) is 25.4 Å². The molecule has 26 heavy (non-hydrogen) atoms. The number of rotatable bonds is 7. The third kappa shape index (κ3) is 3.83. The van der Waals surface area contributed by atoms with Gasteiger partial charge in [-0.3, -0.25) is 14.4 Å². The fourth-order valence-electron chi connectivity index (χ4n) is 3.68. The van der Waals surface area contributed by atoms with Crippen molar-refractivity contribution < 1.29 is 19.4 Å². The Morgan fingerprint density at radius 3 is 2.62 bits per heavy atom. The van der Waals surface area contributed by atoms with Gasteiger partial charge in [0, 0.05) is 24.5 Å². The minimum Gasteiger partial charge on any atom is -0.493 e. The van der Waals surface area contributed by atoms with Crippen molar-refractivity contribution in [2.75, 3.05) is 27.3 Å². The Bertz CT molecular complexity index is 724. The van der Waals surface area contributed by atoms with Crippen LogP contribution < -0.4 is 9.47 Å². The lowest BCUT2D eigenvalue weighted by atomic mass is 9.93. The molecular weight excluding hydrogens is 334 g/mol. The zero-order valence-electron chi connectivity index (χ0n) is 15.2. The largest absolute Gasteiger partial charge is 0.493 e. The standard InChI is InChI=1S/C19H25N3O4/c1-25-16-6-3-5-15(18(16)26-2)17(19(23)24)21-11-7-14(8-12-21)13-22-10-4-9-20-22/h3-6,9-10,14,17H,7-8,11-13H2,1-2H3,(H,23,24)/t17-/m1/s1. The van der Waals surface area contributed by atoms with E-state index in [1.165, 1.54) is 7.11 Å². The first-order valence-corrected chi connectivity index (χ1v) is 8.79. The Balaban J connectivity index is 1.75. The van der Waals surface area contributed by atoms with E-state index in [1.807, 2.05) is 21.8 Å². The molecule has 0 aliphatic carbocycles. The summed E-state index contributed by atoms with van der Waals surface area (Å²) in [6, 6.07) is 6.56. The SMILES string of the molecule is COc1cccc([C@H](C(=O)O)N2CCC(Cn3cccn3)CC2)c1OC. The average molecular weight is 359 g/mol. The fourth-order valence-corrected chi connectivity index (χ4v) is 3.68. The summed E-state index contributed by atoms with van der Waals surface area (Å²) in [5, 5.41) is 14.1. The number of hydrogen-bond acceptors (Lipinski definition) is 5. The number of nitrogens with zero attached hydrogens (tertiary/aromatic N) is 3. The van der Waals surface area contributed by atoms with Crippen molar-refractivity contribution in [3.63, 3.8) is 0 Å². The van der Waals surface area contributed by atoms with Gasteiger partial charge in [-0.2, -0.15) is 5.10 Å². The monoisotopic (exact) mass is 359 g/mol. The number of aliphatic carboxylic acids is 1. The van der Waals surface area contributed by atoms with Crippen LogP contribution in [-0.4, -0.2) is 53.1 Å². The Hall–Kier alpha value is -2.54. The Morgan fingerprint density at radius 2 is 2.04 bits per heavy atom. The molecule has 2 heterocycles. The second-order valence-corrected chi connectivity index (χ2v) is 6.53. The van der Waals surface area contributed by atoms with Gasteiger partial charge in [-0.05, 0) is 44.0 Å². The van der Waals surface area contributed by atoms with Crippen LogP contribution in [0.2, 0.25) is 0 Å². The predicted molar refractivity (Wildman–Crippen MR) is 96.4 cm³/mol. The molecule has 1 aromatic carbocycles. The summed E-state index contributed by atoms with van der Waals surface area (Å²) in [6.45, 7) is 2.33. The van der Waals surface area contributed by atoms with Gasteiger partial charge in [0.1, 0.15) is 6.04 Å². The van der Waals surface area contributed by atoms with E-state index in [9.17, 15) is 9.90 Å². The van der Waals surface area contributed by atoms with Gasteiger partial charge in [-0.15, -0.1) is 0 Å². The van der Waals surface area contributed by atoms with Crippen molar-refractivity contribution >= 4 is 5.97 Å². The topological polar surface area (TPSA) is 76.8 Å². The smallest absolute Gasteiger partial charge is 0.325 e. The van der Waals surface area contributed by atoms with Gasteiger partial charge in [0.25, 0.3) is 0 Å². The molecule has 1 aliphatic rings. The number of carboxylic acid groups (broad SMARTS) is 1. The number of benzene rings is 1. The van der Waals surface area contributed by atoms with Gasteiger partial charge >= 0.3 is 5.97 Å². The van der Waals surface area contributed by atoms with E-state index < -0.39 is 12.0 Å². The van der Waals surface area contributed by atoms with Crippen LogP contribution in [0.3, 0.4) is 0 Å². The summed E-state index contributed by atoms with van der Waals surface area (Å²) in [6.07, 6.45) is 5.63. The van der Waals surface area contributed by atoms with E-state index in [4.69, 9.17) is 9.47 Å². The van der Waals surface area contributed by atoms with Crippen molar-refractivity contribution in [3.05, 3.63) is 42.2 Å². The quantitative estimate of drug-likeness (QED) is 0.818. The lowest BCUT2D eigenvalue weighted by Crippen LogP contribution is -2.41. The Labute approximate surface area is 153 Å². The minimum atomic E-state index is -0.873. The van der Waals surface area contributed by atoms with Crippen molar-refractivity contribution in [3.8, 4) is 11.5 Å². The molecule has 0 unspecified atom stereocenters. The summed E-state index contributed by atoms with van der Waals surface area (Å²) in [5.41, 5.74) is 0.630. The van der Waals surface area contributed by atoms with Crippen LogP contribution in [0.5, 0.6) is 11.5 Å². The summed E-state index contributed by atoms with van der Waals surface area (Å²) < 4.78 is 12.7. The van der Waals surface area contributed by atoms with E-state index >= 15 is 0 Å². The number of para-hydroxylation sites is 1. The normalized spacial score (nSPS) is 17.0. The number of carboxylic acids is 1. The number of methoxy groups -OCH3 is 2. The predicted octanol–water partition coefficient (Wildman–Crippen LogP) is 2.44. The second-order valence-electron chi connectivity index (χ2n) is 6.53. The highest BCUT2D eigenvalue weighted by molar-refractivity contribution is 5.77. The highest BCUT2D eigenvalue weighted by Crippen LogP contribution is 2.38. The highest BCUT2D eigenvalue weighted by Gasteiger charge is 2.33. The van der Waals surface area contributed by atoms with Crippen LogP contribution in [0.15, 0.2) is 36.7 Å². The summed E-state index contributed by atoms with van der Waals surface area (Å²) in [5.74, 6) is 0.667. The number of ether oxygens (including phenoxy) is 2. The van der Waals surface area contributed by atoms with Gasteiger partial charge < -0.3 is 14.6 Å². The van der Waals surface area contributed by atoms with E-state index in [0.29, 0.717) is 23.0 Å². The molecule has 0 saturated carbocycles. The third-order valence-electron chi connectivity index (χ3n) is 4.98. The Morgan fingerprint density at radius 1 is 1.27 bits per heavy atom. The molecule has 0 radical (unpaired) electrons. The zero-order valence-corrected chi connectivity index (χ0v) is 15.2. The maximum atomic E-state index is 12.1. The van der Waals surface area contributed by atoms with E-state index in [0.717, 1.165) is 32.5 Å². The summed E-state index contributed by atoms with van der Waals surface area (Å²) >= 11 is 0. The molecule has 2 aromatic rings. The third-order valence-corrected chi connectivity index (χ3v) is 4.98. The molecule has 1 saturated heterocycles. The summed E-state index contributed by atoms with van der Waals surface area (Å²) in [7, 11) is 3.09.